The summed E-state index contributed by atoms with van der Waals surface area (Å²) >= 11 is 1.28. The number of aromatic nitrogens is 3. The molecule has 1 amide bonds. The van der Waals surface area contributed by atoms with Gasteiger partial charge in [0, 0.05) is 18.5 Å². The van der Waals surface area contributed by atoms with Crippen molar-refractivity contribution in [2.24, 2.45) is 0 Å². The maximum absolute atomic E-state index is 13.2. The van der Waals surface area contributed by atoms with Crippen molar-refractivity contribution < 1.29 is 14.3 Å². The summed E-state index contributed by atoms with van der Waals surface area (Å²) < 4.78 is 12.5. The third-order valence-electron chi connectivity index (χ3n) is 5.37. The fraction of sp³-hybridized carbons (Fsp3) is 0.391. The first-order chi connectivity index (χ1) is 15.6. The van der Waals surface area contributed by atoms with Crippen LogP contribution in [0, 0.1) is 0 Å². The Morgan fingerprint density at radius 3 is 2.84 bits per heavy atom. The average molecular weight is 455 g/mol. The molecular weight excluding hydrogens is 428 g/mol. The molecule has 8 nitrogen and oxygen atoms in total. The summed E-state index contributed by atoms with van der Waals surface area (Å²) in [5.41, 5.74) is 0.903. The molecule has 0 aliphatic carbocycles. The van der Waals surface area contributed by atoms with E-state index in [2.05, 4.69) is 15.3 Å². The summed E-state index contributed by atoms with van der Waals surface area (Å²) in [4.78, 5) is 35.1. The van der Waals surface area contributed by atoms with Gasteiger partial charge >= 0.3 is 0 Å². The van der Waals surface area contributed by atoms with E-state index in [0.29, 0.717) is 41.4 Å². The predicted molar refractivity (Wildman–Crippen MR) is 124 cm³/mol. The van der Waals surface area contributed by atoms with Crippen LogP contribution in [0.2, 0.25) is 0 Å². The molecule has 1 N–H and O–H groups in total. The second kappa shape index (κ2) is 10.1. The van der Waals surface area contributed by atoms with Gasteiger partial charge in [0.25, 0.3) is 5.56 Å². The van der Waals surface area contributed by atoms with E-state index in [1.54, 1.807) is 54.3 Å². The predicted octanol–water partition coefficient (Wildman–Crippen LogP) is 3.49. The van der Waals surface area contributed by atoms with Crippen molar-refractivity contribution in [1.82, 2.24) is 14.5 Å². The van der Waals surface area contributed by atoms with Crippen LogP contribution in [0.25, 0.3) is 11.0 Å². The second-order valence-corrected chi connectivity index (χ2v) is 8.72. The Hall–Kier alpha value is -2.91. The molecule has 2 aromatic heterocycles. The van der Waals surface area contributed by atoms with Gasteiger partial charge in [-0.2, -0.15) is 0 Å². The Labute approximate surface area is 190 Å². The van der Waals surface area contributed by atoms with Crippen LogP contribution in [-0.2, 0) is 16.1 Å². The number of carbonyl (C=O) groups excluding carboxylic acids is 1. The Balaban J connectivity index is 1.61. The zero-order valence-corrected chi connectivity index (χ0v) is 18.9. The molecule has 1 aromatic carbocycles. The van der Waals surface area contributed by atoms with Crippen molar-refractivity contribution >= 4 is 34.4 Å². The van der Waals surface area contributed by atoms with Gasteiger partial charge in [0.15, 0.2) is 10.8 Å². The van der Waals surface area contributed by atoms with Crippen molar-refractivity contribution in [3.8, 4) is 5.75 Å². The Morgan fingerprint density at radius 1 is 1.34 bits per heavy atom. The first-order valence-electron chi connectivity index (χ1n) is 10.7. The zero-order valence-electron chi connectivity index (χ0n) is 18.1. The first-order valence-corrected chi connectivity index (χ1v) is 11.6. The number of hydrogen-bond acceptors (Lipinski definition) is 7. The molecule has 4 rings (SSSR count). The van der Waals surface area contributed by atoms with E-state index in [1.165, 1.54) is 11.8 Å². The number of carbonyl (C=O) groups is 1. The van der Waals surface area contributed by atoms with Crippen LogP contribution in [0.5, 0.6) is 5.75 Å². The van der Waals surface area contributed by atoms with E-state index in [9.17, 15) is 9.59 Å². The van der Waals surface area contributed by atoms with E-state index in [1.807, 2.05) is 6.92 Å². The number of anilines is 1. The van der Waals surface area contributed by atoms with Gasteiger partial charge in [0.1, 0.15) is 5.75 Å². The molecule has 3 heterocycles. The molecule has 0 unspecified atom stereocenters. The number of methoxy groups -OCH3 is 1. The van der Waals surface area contributed by atoms with Gasteiger partial charge < -0.3 is 14.8 Å². The SMILES string of the molecule is CC[C@@H](Sc1nc2ncccc2c(=O)n1C[C@@H]1CCCO1)C(=O)Nc1ccc(OC)cc1. The number of amides is 1. The van der Waals surface area contributed by atoms with Gasteiger partial charge in [-0.15, -0.1) is 0 Å². The summed E-state index contributed by atoms with van der Waals surface area (Å²) in [7, 11) is 1.60. The molecule has 9 heteroatoms. The number of thioether (sulfide) groups is 1. The van der Waals surface area contributed by atoms with Crippen molar-refractivity contribution in [3.63, 3.8) is 0 Å². The van der Waals surface area contributed by atoms with Crippen LogP contribution >= 0.6 is 11.8 Å². The van der Waals surface area contributed by atoms with Gasteiger partial charge in [0.05, 0.1) is 30.4 Å². The maximum Gasteiger partial charge on any atom is 0.263 e. The highest BCUT2D eigenvalue weighted by molar-refractivity contribution is 8.00. The minimum Gasteiger partial charge on any atom is -0.497 e. The standard InChI is InChI=1S/C23H26N4O4S/c1-3-19(21(28)25-15-8-10-16(30-2)11-9-15)32-23-26-20-18(7-4-12-24-20)22(29)27(23)14-17-6-5-13-31-17/h4,7-12,17,19H,3,5-6,13-14H2,1-2H3,(H,25,28)/t17-,19+/m0/s1. The normalized spacial score (nSPS) is 16.8. The number of rotatable bonds is 8. The topological polar surface area (TPSA) is 95.3 Å². The Kier molecular flexibility index (Phi) is 7.06. The Bertz CT molecular complexity index is 1140. The lowest BCUT2D eigenvalue weighted by atomic mass is 10.2. The average Bonchev–Trinajstić information content (AvgIpc) is 3.33. The molecule has 3 aromatic rings. The van der Waals surface area contributed by atoms with Crippen LogP contribution in [-0.4, -0.2) is 45.5 Å². The Morgan fingerprint density at radius 2 is 2.16 bits per heavy atom. The fourth-order valence-corrected chi connectivity index (χ4v) is 4.64. The molecule has 1 fully saturated rings. The number of benzene rings is 1. The summed E-state index contributed by atoms with van der Waals surface area (Å²) in [6.45, 7) is 3.05. The molecular formula is C23H26N4O4S. The minimum absolute atomic E-state index is 0.0313. The van der Waals surface area contributed by atoms with E-state index < -0.39 is 5.25 Å². The quantitative estimate of drug-likeness (QED) is 0.411. The highest BCUT2D eigenvalue weighted by atomic mass is 32.2. The minimum atomic E-state index is -0.430. The molecule has 0 spiro atoms. The molecule has 0 saturated carbocycles. The first kappa shape index (κ1) is 22.3. The largest absolute Gasteiger partial charge is 0.497 e. The number of nitrogens with one attached hydrogen (secondary N) is 1. The summed E-state index contributed by atoms with van der Waals surface area (Å²) in [6, 6.07) is 10.6. The third kappa shape index (κ3) is 4.94. The molecule has 1 saturated heterocycles. The maximum atomic E-state index is 13.2. The molecule has 32 heavy (non-hydrogen) atoms. The summed E-state index contributed by atoms with van der Waals surface area (Å²) in [5.74, 6) is 0.567. The summed E-state index contributed by atoms with van der Waals surface area (Å²) in [5, 5.41) is 3.45. The lowest BCUT2D eigenvalue weighted by molar-refractivity contribution is -0.115. The molecule has 0 bridgehead atoms. The van der Waals surface area contributed by atoms with Gasteiger partial charge in [-0.05, 0) is 55.7 Å². The lowest BCUT2D eigenvalue weighted by Gasteiger charge is -2.19. The van der Waals surface area contributed by atoms with Crippen molar-refractivity contribution in [1.29, 1.82) is 0 Å². The third-order valence-corrected chi connectivity index (χ3v) is 6.73. The number of pyridine rings is 1. The van der Waals surface area contributed by atoms with Crippen molar-refractivity contribution in [3.05, 3.63) is 52.9 Å². The van der Waals surface area contributed by atoms with E-state index >= 15 is 0 Å². The van der Waals surface area contributed by atoms with Crippen molar-refractivity contribution in [2.75, 3.05) is 19.0 Å². The van der Waals surface area contributed by atoms with Crippen LogP contribution in [0.15, 0.2) is 52.5 Å². The number of fused-ring (bicyclic) bond motifs is 1. The van der Waals surface area contributed by atoms with Crippen LogP contribution in [0.4, 0.5) is 5.69 Å². The lowest BCUT2D eigenvalue weighted by Crippen LogP contribution is -2.31. The highest BCUT2D eigenvalue weighted by Gasteiger charge is 2.25. The number of hydrogen-bond donors (Lipinski definition) is 1. The molecule has 2 atom stereocenters. The molecule has 0 radical (unpaired) electrons. The van der Waals surface area contributed by atoms with E-state index in [-0.39, 0.29) is 17.6 Å². The number of nitrogens with zero attached hydrogens (tertiary/aromatic N) is 3. The molecule has 168 valence electrons. The van der Waals surface area contributed by atoms with Crippen LogP contribution in [0.3, 0.4) is 0 Å². The zero-order chi connectivity index (χ0) is 22.5. The molecule has 1 aliphatic rings. The van der Waals surface area contributed by atoms with Crippen LogP contribution in [0.1, 0.15) is 26.2 Å². The monoisotopic (exact) mass is 454 g/mol. The van der Waals surface area contributed by atoms with Gasteiger partial charge in [0.2, 0.25) is 5.91 Å². The second-order valence-electron chi connectivity index (χ2n) is 7.55. The van der Waals surface area contributed by atoms with E-state index in [4.69, 9.17) is 9.47 Å². The number of ether oxygens (including phenoxy) is 2. The van der Waals surface area contributed by atoms with Crippen LogP contribution < -0.4 is 15.6 Å². The van der Waals surface area contributed by atoms with E-state index in [0.717, 1.165) is 18.6 Å². The smallest absolute Gasteiger partial charge is 0.263 e. The fourth-order valence-electron chi connectivity index (χ4n) is 3.63. The van der Waals surface area contributed by atoms with Gasteiger partial charge in [-0.1, -0.05) is 18.7 Å². The van der Waals surface area contributed by atoms with Gasteiger partial charge in [-0.3, -0.25) is 14.2 Å². The van der Waals surface area contributed by atoms with Crippen molar-refractivity contribution in [2.45, 2.75) is 49.2 Å². The van der Waals surface area contributed by atoms with Gasteiger partial charge in [-0.25, -0.2) is 9.97 Å². The summed E-state index contributed by atoms with van der Waals surface area (Å²) in [6.07, 6.45) is 4.03. The molecule has 1 aliphatic heterocycles. The highest BCUT2D eigenvalue weighted by Crippen LogP contribution is 2.27.